The minimum atomic E-state index is -1.32. The van der Waals surface area contributed by atoms with Crippen LogP contribution in [0.2, 0.25) is 0 Å². The molecule has 0 spiro atoms. The van der Waals surface area contributed by atoms with Gasteiger partial charge in [0, 0.05) is 18.0 Å². The van der Waals surface area contributed by atoms with Crippen molar-refractivity contribution in [3.05, 3.63) is 60.4 Å². The molecule has 0 saturated carbocycles. The predicted molar refractivity (Wildman–Crippen MR) is 130 cm³/mol. The smallest absolute Gasteiger partial charge is 0.335 e. The monoisotopic (exact) mass is 462 g/mol. The molecule has 0 aliphatic heterocycles. The van der Waals surface area contributed by atoms with Gasteiger partial charge in [0.25, 0.3) is 0 Å². The third-order valence-corrected chi connectivity index (χ3v) is 5.54. The lowest BCUT2D eigenvalue weighted by Gasteiger charge is -2.19. The second-order valence-corrected chi connectivity index (χ2v) is 9.25. The number of carboxylic acids is 1. The van der Waals surface area contributed by atoms with Gasteiger partial charge in [-0.3, -0.25) is 4.68 Å². The first kappa shape index (κ1) is 23.5. The molecule has 2 aromatic carbocycles. The maximum Gasteiger partial charge on any atom is 0.335 e. The zero-order valence-electron chi connectivity index (χ0n) is 20.1. The second kappa shape index (κ2) is 9.30. The zero-order chi connectivity index (χ0) is 24.5. The van der Waals surface area contributed by atoms with E-state index in [4.69, 9.17) is 14.6 Å². The quantitative estimate of drug-likeness (QED) is 0.383. The van der Waals surface area contributed by atoms with Crippen LogP contribution in [0.25, 0.3) is 27.8 Å². The van der Waals surface area contributed by atoms with E-state index >= 15 is 0 Å². The van der Waals surface area contributed by atoms with Crippen molar-refractivity contribution in [1.82, 2.24) is 19.6 Å². The minimum absolute atomic E-state index is 0.0597. The fourth-order valence-corrected chi connectivity index (χ4v) is 3.60. The van der Waals surface area contributed by atoms with Crippen LogP contribution >= 0.6 is 0 Å². The van der Waals surface area contributed by atoms with E-state index in [1.54, 1.807) is 0 Å². The van der Waals surface area contributed by atoms with Crippen molar-refractivity contribution in [1.29, 1.82) is 0 Å². The number of hydrogen-bond donors (Lipinski definition) is 1. The summed E-state index contributed by atoms with van der Waals surface area (Å²) in [4.78, 5) is 11.5. The molecule has 8 nitrogen and oxygen atoms in total. The highest BCUT2D eigenvalue weighted by atomic mass is 16.5. The number of hydrogen-bond acceptors (Lipinski definition) is 5. The highest BCUT2D eigenvalue weighted by Gasteiger charge is 2.28. The molecule has 1 N–H and O–H groups in total. The van der Waals surface area contributed by atoms with Crippen LogP contribution < -0.4 is 4.74 Å². The number of aliphatic carboxylic acids is 1. The Labute approximate surface area is 198 Å². The van der Waals surface area contributed by atoms with Gasteiger partial charge in [-0.25, -0.2) is 9.48 Å². The molecule has 2 heterocycles. The van der Waals surface area contributed by atoms with E-state index in [9.17, 15) is 9.90 Å². The molecule has 4 aromatic rings. The molecular weight excluding hydrogens is 432 g/mol. The van der Waals surface area contributed by atoms with Crippen molar-refractivity contribution < 1.29 is 19.4 Å². The standard InChI is InChI=1S/C26H30N4O4/c1-17(2)15-33-21-10-6-8-18(12-21)23-13-20(16-34-26(3,4)25(31)32)28-30(23)22-11-7-9-19-14-27-29(5)24(19)22/h6-14,17H,15-16H2,1-5H3,(H,31,32). The van der Waals surface area contributed by atoms with Gasteiger partial charge in [-0.05, 0) is 44.0 Å². The van der Waals surface area contributed by atoms with Crippen molar-refractivity contribution in [3.8, 4) is 22.7 Å². The van der Waals surface area contributed by atoms with Crippen LogP contribution in [0.1, 0.15) is 33.4 Å². The Morgan fingerprint density at radius 2 is 1.91 bits per heavy atom. The molecule has 0 bridgehead atoms. The molecular formula is C26H30N4O4. The highest BCUT2D eigenvalue weighted by Crippen LogP contribution is 2.31. The molecule has 0 amide bonds. The number of carboxylic acid groups (broad SMARTS) is 1. The third kappa shape index (κ3) is 4.82. The van der Waals surface area contributed by atoms with Crippen LogP contribution in [-0.4, -0.2) is 42.8 Å². The average molecular weight is 463 g/mol. The van der Waals surface area contributed by atoms with Crippen LogP contribution in [0.3, 0.4) is 0 Å². The Morgan fingerprint density at radius 1 is 1.15 bits per heavy atom. The van der Waals surface area contributed by atoms with Crippen LogP contribution in [0.15, 0.2) is 54.7 Å². The van der Waals surface area contributed by atoms with E-state index in [1.165, 1.54) is 13.8 Å². The van der Waals surface area contributed by atoms with Gasteiger partial charge in [-0.2, -0.15) is 10.2 Å². The number of benzene rings is 2. The van der Waals surface area contributed by atoms with Crippen LogP contribution in [0, 0.1) is 5.92 Å². The Hall–Kier alpha value is -3.65. The first-order valence-corrected chi connectivity index (χ1v) is 11.3. The molecule has 0 aliphatic rings. The lowest BCUT2D eigenvalue weighted by Crippen LogP contribution is -2.34. The van der Waals surface area contributed by atoms with E-state index in [0.717, 1.165) is 33.6 Å². The molecule has 0 fully saturated rings. The SMILES string of the molecule is CC(C)COc1cccc(-c2cc(COC(C)(C)C(=O)O)nn2-c2cccc3cnn(C)c23)c1. The van der Waals surface area contributed by atoms with Crippen molar-refractivity contribution in [2.75, 3.05) is 6.61 Å². The zero-order valence-corrected chi connectivity index (χ0v) is 20.1. The number of aromatic nitrogens is 4. The first-order valence-electron chi connectivity index (χ1n) is 11.3. The van der Waals surface area contributed by atoms with Gasteiger partial charge in [0.1, 0.15) is 5.75 Å². The number of aryl methyl sites for hydroxylation is 1. The van der Waals surface area contributed by atoms with E-state index in [1.807, 2.05) is 71.1 Å². The number of ether oxygens (including phenoxy) is 2. The minimum Gasteiger partial charge on any atom is -0.493 e. The molecule has 178 valence electrons. The maximum absolute atomic E-state index is 11.5. The Bertz CT molecular complexity index is 1320. The van der Waals surface area contributed by atoms with Gasteiger partial charge in [-0.1, -0.05) is 38.1 Å². The van der Waals surface area contributed by atoms with E-state index in [2.05, 4.69) is 18.9 Å². The van der Waals surface area contributed by atoms with Gasteiger partial charge in [0.05, 0.1) is 42.0 Å². The molecule has 0 atom stereocenters. The Kier molecular flexibility index (Phi) is 6.43. The fourth-order valence-electron chi connectivity index (χ4n) is 3.60. The van der Waals surface area contributed by atoms with Crippen molar-refractivity contribution >= 4 is 16.9 Å². The summed E-state index contributed by atoms with van der Waals surface area (Å²) >= 11 is 0. The molecule has 8 heteroatoms. The second-order valence-electron chi connectivity index (χ2n) is 9.25. The molecule has 2 aromatic heterocycles. The first-order chi connectivity index (χ1) is 16.2. The summed E-state index contributed by atoms with van der Waals surface area (Å²) in [5.74, 6) is 0.169. The van der Waals surface area contributed by atoms with E-state index < -0.39 is 11.6 Å². The van der Waals surface area contributed by atoms with Gasteiger partial charge < -0.3 is 14.6 Å². The van der Waals surface area contributed by atoms with E-state index in [0.29, 0.717) is 18.2 Å². The largest absolute Gasteiger partial charge is 0.493 e. The number of carbonyl (C=O) groups is 1. The van der Waals surface area contributed by atoms with Crippen molar-refractivity contribution in [2.24, 2.45) is 13.0 Å². The van der Waals surface area contributed by atoms with Crippen molar-refractivity contribution in [3.63, 3.8) is 0 Å². The van der Waals surface area contributed by atoms with Crippen molar-refractivity contribution in [2.45, 2.75) is 39.9 Å². The number of fused-ring (bicyclic) bond motifs is 1. The summed E-state index contributed by atoms with van der Waals surface area (Å²) in [6.45, 7) is 7.96. The molecule has 0 radical (unpaired) electrons. The lowest BCUT2D eigenvalue weighted by atomic mass is 10.1. The summed E-state index contributed by atoms with van der Waals surface area (Å²) in [6.07, 6.45) is 1.82. The van der Waals surface area contributed by atoms with Gasteiger partial charge in [0.15, 0.2) is 5.60 Å². The topological polar surface area (TPSA) is 91.4 Å². The number of nitrogens with zero attached hydrogens (tertiary/aromatic N) is 4. The lowest BCUT2D eigenvalue weighted by molar-refractivity contribution is -0.162. The summed E-state index contributed by atoms with van der Waals surface area (Å²) in [5, 5.41) is 19.6. The molecule has 0 unspecified atom stereocenters. The normalized spacial score (nSPS) is 11.9. The van der Waals surface area contributed by atoms with Gasteiger partial charge in [-0.15, -0.1) is 0 Å². The van der Waals surface area contributed by atoms with Crippen LogP contribution in [0.5, 0.6) is 5.75 Å². The van der Waals surface area contributed by atoms with Crippen LogP contribution in [-0.2, 0) is 23.2 Å². The van der Waals surface area contributed by atoms with E-state index in [-0.39, 0.29) is 6.61 Å². The Morgan fingerprint density at radius 3 is 2.65 bits per heavy atom. The predicted octanol–water partition coefficient (Wildman–Crippen LogP) is 4.84. The van der Waals surface area contributed by atoms with Gasteiger partial charge in [0.2, 0.25) is 0 Å². The number of rotatable bonds is 9. The third-order valence-electron chi connectivity index (χ3n) is 5.54. The maximum atomic E-state index is 11.5. The van der Waals surface area contributed by atoms with Gasteiger partial charge >= 0.3 is 5.97 Å². The number of para-hydroxylation sites is 1. The fraction of sp³-hybridized carbons (Fsp3) is 0.346. The molecule has 0 aliphatic carbocycles. The highest BCUT2D eigenvalue weighted by molar-refractivity contribution is 5.87. The Balaban J connectivity index is 1.80. The molecule has 0 saturated heterocycles. The molecule has 4 rings (SSSR count). The molecule has 34 heavy (non-hydrogen) atoms. The summed E-state index contributed by atoms with van der Waals surface area (Å²) in [7, 11) is 1.90. The van der Waals surface area contributed by atoms with Crippen LogP contribution in [0.4, 0.5) is 0 Å². The summed E-state index contributed by atoms with van der Waals surface area (Å²) in [6, 6.07) is 15.8. The summed E-state index contributed by atoms with van der Waals surface area (Å²) in [5.41, 5.74) is 2.88. The average Bonchev–Trinajstić information content (AvgIpc) is 3.40. The summed E-state index contributed by atoms with van der Waals surface area (Å²) < 4.78 is 15.3.